The van der Waals surface area contributed by atoms with Gasteiger partial charge >= 0.3 is 0 Å². The Kier molecular flexibility index (Phi) is 5.22. The van der Waals surface area contributed by atoms with Crippen molar-refractivity contribution in [2.45, 2.75) is 33.2 Å². The van der Waals surface area contributed by atoms with Crippen molar-refractivity contribution in [1.29, 1.82) is 0 Å². The highest BCUT2D eigenvalue weighted by molar-refractivity contribution is 9.10. The van der Waals surface area contributed by atoms with Crippen molar-refractivity contribution in [3.63, 3.8) is 0 Å². The first kappa shape index (κ1) is 13.5. The third-order valence-corrected chi connectivity index (χ3v) is 3.37. The monoisotopic (exact) mass is 285 g/mol. The molecule has 0 aliphatic carbocycles. The fraction of sp³-hybridized carbons (Fsp3) is 0.583. The van der Waals surface area contributed by atoms with Gasteiger partial charge in [-0.2, -0.15) is 0 Å². The molecule has 0 aromatic carbocycles. The third-order valence-electron chi connectivity index (χ3n) is 2.53. The van der Waals surface area contributed by atoms with Crippen LogP contribution in [0.15, 0.2) is 16.6 Å². The van der Waals surface area contributed by atoms with Crippen LogP contribution in [0.3, 0.4) is 0 Å². The SMILES string of the molecule is Cc1nc(N(CCCN)C(C)C)ccc1Br. The van der Waals surface area contributed by atoms with Gasteiger partial charge < -0.3 is 10.6 Å². The Morgan fingerprint density at radius 3 is 2.62 bits per heavy atom. The Labute approximate surface area is 106 Å². The largest absolute Gasteiger partial charge is 0.354 e. The Balaban J connectivity index is 2.88. The molecule has 1 aromatic rings. The van der Waals surface area contributed by atoms with Gasteiger partial charge in [0.2, 0.25) is 0 Å². The van der Waals surface area contributed by atoms with Gasteiger partial charge in [-0.15, -0.1) is 0 Å². The number of rotatable bonds is 5. The van der Waals surface area contributed by atoms with Gasteiger partial charge in [-0.1, -0.05) is 0 Å². The predicted molar refractivity (Wildman–Crippen MR) is 72.8 cm³/mol. The first-order valence-electron chi connectivity index (χ1n) is 5.66. The van der Waals surface area contributed by atoms with Crippen LogP contribution in [0.4, 0.5) is 5.82 Å². The maximum atomic E-state index is 5.55. The normalized spacial score (nSPS) is 10.9. The first-order valence-corrected chi connectivity index (χ1v) is 6.45. The molecule has 0 amide bonds. The van der Waals surface area contributed by atoms with Gasteiger partial charge in [-0.05, 0) is 61.8 Å². The van der Waals surface area contributed by atoms with E-state index in [2.05, 4.69) is 45.7 Å². The zero-order valence-electron chi connectivity index (χ0n) is 10.2. The van der Waals surface area contributed by atoms with Crippen molar-refractivity contribution < 1.29 is 0 Å². The molecule has 0 saturated heterocycles. The molecule has 0 unspecified atom stereocenters. The highest BCUT2D eigenvalue weighted by atomic mass is 79.9. The summed E-state index contributed by atoms with van der Waals surface area (Å²) in [6.45, 7) is 8.04. The van der Waals surface area contributed by atoms with E-state index in [9.17, 15) is 0 Å². The van der Waals surface area contributed by atoms with Gasteiger partial charge in [-0.3, -0.25) is 0 Å². The summed E-state index contributed by atoms with van der Waals surface area (Å²) in [5.74, 6) is 1.03. The molecule has 0 spiro atoms. The van der Waals surface area contributed by atoms with Crippen molar-refractivity contribution >= 4 is 21.7 Å². The van der Waals surface area contributed by atoms with E-state index in [-0.39, 0.29) is 0 Å². The summed E-state index contributed by atoms with van der Waals surface area (Å²) in [5, 5.41) is 0. The molecule has 4 heteroatoms. The predicted octanol–water partition coefficient (Wildman–Crippen LogP) is 2.72. The Bertz CT molecular complexity index is 339. The molecular formula is C12H20BrN3. The van der Waals surface area contributed by atoms with Gasteiger partial charge in [0, 0.05) is 17.1 Å². The second kappa shape index (κ2) is 6.21. The highest BCUT2D eigenvalue weighted by Gasteiger charge is 2.11. The number of anilines is 1. The van der Waals surface area contributed by atoms with E-state index in [0.717, 1.165) is 35.5 Å². The van der Waals surface area contributed by atoms with Gasteiger partial charge in [-0.25, -0.2) is 4.98 Å². The molecule has 0 aliphatic rings. The Morgan fingerprint density at radius 1 is 1.44 bits per heavy atom. The van der Waals surface area contributed by atoms with Crippen LogP contribution in [0.25, 0.3) is 0 Å². The molecule has 0 fully saturated rings. The summed E-state index contributed by atoms with van der Waals surface area (Å²) in [4.78, 5) is 6.87. The Hall–Kier alpha value is -0.610. The average Bonchev–Trinajstić information content (AvgIpc) is 2.23. The number of pyridine rings is 1. The molecule has 90 valence electrons. The van der Waals surface area contributed by atoms with E-state index in [4.69, 9.17) is 5.73 Å². The minimum atomic E-state index is 0.444. The molecule has 2 N–H and O–H groups in total. The summed E-state index contributed by atoms with van der Waals surface area (Å²) in [6.07, 6.45) is 0.995. The summed E-state index contributed by atoms with van der Waals surface area (Å²) in [5.41, 5.74) is 6.58. The molecule has 16 heavy (non-hydrogen) atoms. The average molecular weight is 286 g/mol. The summed E-state index contributed by atoms with van der Waals surface area (Å²) < 4.78 is 1.05. The smallest absolute Gasteiger partial charge is 0.129 e. The fourth-order valence-corrected chi connectivity index (χ4v) is 1.81. The van der Waals surface area contributed by atoms with Crippen LogP contribution in [-0.2, 0) is 0 Å². The molecule has 1 heterocycles. The lowest BCUT2D eigenvalue weighted by Gasteiger charge is -2.28. The second-order valence-electron chi connectivity index (χ2n) is 4.17. The molecule has 3 nitrogen and oxygen atoms in total. The standard InChI is InChI=1S/C12H20BrN3/c1-9(2)16(8-4-7-14)12-6-5-11(13)10(3)15-12/h5-6,9H,4,7-8,14H2,1-3H3. The summed E-state index contributed by atoms with van der Waals surface area (Å²) in [6, 6.07) is 4.54. The van der Waals surface area contributed by atoms with Gasteiger partial charge in [0.05, 0.1) is 5.69 Å². The quantitative estimate of drug-likeness (QED) is 0.905. The van der Waals surface area contributed by atoms with Crippen LogP contribution in [0, 0.1) is 6.92 Å². The molecule has 0 atom stereocenters. The van der Waals surface area contributed by atoms with Gasteiger partial charge in [0.1, 0.15) is 5.82 Å². The number of aryl methyl sites for hydroxylation is 1. The zero-order chi connectivity index (χ0) is 12.1. The molecule has 0 saturated carbocycles. The maximum absolute atomic E-state index is 5.55. The van der Waals surface area contributed by atoms with Crippen molar-refractivity contribution in [2.24, 2.45) is 5.73 Å². The van der Waals surface area contributed by atoms with E-state index >= 15 is 0 Å². The highest BCUT2D eigenvalue weighted by Crippen LogP contribution is 2.20. The van der Waals surface area contributed by atoms with Crippen molar-refractivity contribution in [3.05, 3.63) is 22.3 Å². The van der Waals surface area contributed by atoms with Crippen molar-refractivity contribution in [3.8, 4) is 0 Å². The van der Waals surface area contributed by atoms with Crippen molar-refractivity contribution in [2.75, 3.05) is 18.0 Å². The van der Waals surface area contributed by atoms with Crippen LogP contribution >= 0.6 is 15.9 Å². The molecule has 0 aliphatic heterocycles. The van der Waals surface area contributed by atoms with Crippen LogP contribution in [0.2, 0.25) is 0 Å². The Morgan fingerprint density at radius 2 is 2.12 bits per heavy atom. The molecule has 1 rings (SSSR count). The van der Waals surface area contributed by atoms with Gasteiger partial charge in [0.25, 0.3) is 0 Å². The molecule has 1 aromatic heterocycles. The topological polar surface area (TPSA) is 42.2 Å². The number of halogens is 1. The fourth-order valence-electron chi connectivity index (χ4n) is 1.59. The lowest BCUT2D eigenvalue weighted by molar-refractivity contribution is 0.648. The minimum absolute atomic E-state index is 0.444. The van der Waals surface area contributed by atoms with Crippen LogP contribution < -0.4 is 10.6 Å². The zero-order valence-corrected chi connectivity index (χ0v) is 11.8. The van der Waals surface area contributed by atoms with Crippen LogP contribution in [0.1, 0.15) is 26.0 Å². The number of aromatic nitrogens is 1. The van der Waals surface area contributed by atoms with E-state index in [1.54, 1.807) is 0 Å². The van der Waals surface area contributed by atoms with E-state index in [0.29, 0.717) is 6.04 Å². The third kappa shape index (κ3) is 3.46. The molecular weight excluding hydrogens is 266 g/mol. The number of nitrogens with zero attached hydrogens (tertiary/aromatic N) is 2. The van der Waals surface area contributed by atoms with E-state index in [1.165, 1.54) is 0 Å². The minimum Gasteiger partial charge on any atom is -0.354 e. The molecule has 0 bridgehead atoms. The lowest BCUT2D eigenvalue weighted by atomic mass is 10.2. The van der Waals surface area contributed by atoms with E-state index < -0.39 is 0 Å². The van der Waals surface area contributed by atoms with Crippen LogP contribution in [0.5, 0.6) is 0 Å². The van der Waals surface area contributed by atoms with Crippen LogP contribution in [-0.4, -0.2) is 24.1 Å². The maximum Gasteiger partial charge on any atom is 0.129 e. The number of hydrogen-bond acceptors (Lipinski definition) is 3. The summed E-state index contributed by atoms with van der Waals surface area (Å²) >= 11 is 3.47. The number of hydrogen-bond donors (Lipinski definition) is 1. The van der Waals surface area contributed by atoms with Crippen molar-refractivity contribution in [1.82, 2.24) is 4.98 Å². The van der Waals surface area contributed by atoms with Gasteiger partial charge in [0.15, 0.2) is 0 Å². The molecule has 0 radical (unpaired) electrons. The van der Waals surface area contributed by atoms with E-state index in [1.807, 2.05) is 13.0 Å². The lowest BCUT2D eigenvalue weighted by Crippen LogP contribution is -2.33. The summed E-state index contributed by atoms with van der Waals surface area (Å²) in [7, 11) is 0. The second-order valence-corrected chi connectivity index (χ2v) is 5.02. The number of nitrogens with two attached hydrogens (primary N) is 1. The first-order chi connectivity index (χ1) is 7.56.